The van der Waals surface area contributed by atoms with Crippen molar-refractivity contribution in [3.05, 3.63) is 48.0 Å². The van der Waals surface area contributed by atoms with E-state index in [0.29, 0.717) is 18.4 Å². The minimum absolute atomic E-state index is 0.0481. The highest BCUT2D eigenvalue weighted by molar-refractivity contribution is 5.94. The highest BCUT2D eigenvalue weighted by atomic mass is 16.3. The van der Waals surface area contributed by atoms with Crippen LogP contribution in [0, 0.1) is 0 Å². The highest BCUT2D eigenvalue weighted by Crippen LogP contribution is 2.45. The van der Waals surface area contributed by atoms with Gasteiger partial charge in [0.05, 0.1) is 5.69 Å². The number of pyridine rings is 1. The molecule has 0 aromatic carbocycles. The number of hydrogen-bond acceptors (Lipinski definition) is 4. The Morgan fingerprint density at radius 3 is 2.39 bits per heavy atom. The van der Waals surface area contributed by atoms with Crippen molar-refractivity contribution in [1.29, 1.82) is 0 Å². The molecule has 0 saturated carbocycles. The number of aromatic nitrogens is 3. The molecule has 2 aliphatic rings. The molecule has 0 radical (unpaired) electrons. The molecule has 2 aromatic heterocycles. The molecule has 23 heavy (non-hydrogen) atoms. The van der Waals surface area contributed by atoms with Crippen LogP contribution in [0.25, 0.3) is 0 Å². The smallest absolute Gasteiger partial charge is 0.254 e. The van der Waals surface area contributed by atoms with Gasteiger partial charge in [0, 0.05) is 56.1 Å². The fourth-order valence-electron chi connectivity index (χ4n) is 4.24. The quantitative estimate of drug-likeness (QED) is 0.911. The molecule has 2 fully saturated rings. The van der Waals surface area contributed by atoms with Crippen LogP contribution in [0.5, 0.6) is 0 Å². The van der Waals surface area contributed by atoms with Crippen LogP contribution in [0.4, 0.5) is 0 Å². The zero-order chi connectivity index (χ0) is 16.0. The average molecular weight is 312 g/mol. The van der Waals surface area contributed by atoms with E-state index < -0.39 is 5.60 Å². The van der Waals surface area contributed by atoms with Gasteiger partial charge in [-0.15, -0.1) is 0 Å². The molecule has 2 atom stereocenters. The number of piperidine rings is 1. The molecule has 0 spiro atoms. The lowest BCUT2D eigenvalue weighted by molar-refractivity contribution is -0.0530. The third kappa shape index (κ3) is 2.25. The molecule has 0 unspecified atom stereocenters. The summed E-state index contributed by atoms with van der Waals surface area (Å²) in [6, 6.07) is 5.54. The summed E-state index contributed by atoms with van der Waals surface area (Å²) in [6.45, 7) is 0. The van der Waals surface area contributed by atoms with Gasteiger partial charge in [0.2, 0.25) is 0 Å². The number of nitrogens with zero attached hydrogens (tertiary/aromatic N) is 4. The van der Waals surface area contributed by atoms with Crippen LogP contribution >= 0.6 is 0 Å². The normalized spacial score (nSPS) is 29.7. The van der Waals surface area contributed by atoms with E-state index in [1.807, 2.05) is 18.0 Å². The predicted molar refractivity (Wildman–Crippen MR) is 83.6 cm³/mol. The van der Waals surface area contributed by atoms with Crippen LogP contribution < -0.4 is 0 Å². The van der Waals surface area contributed by atoms with Crippen LogP contribution in [0.1, 0.15) is 41.7 Å². The molecule has 2 saturated heterocycles. The zero-order valence-electron chi connectivity index (χ0n) is 13.1. The van der Waals surface area contributed by atoms with Crippen LogP contribution in [-0.4, -0.2) is 42.8 Å². The number of aliphatic hydroxyl groups is 1. The van der Waals surface area contributed by atoms with Crippen molar-refractivity contribution in [2.75, 3.05) is 0 Å². The molecule has 1 N–H and O–H groups in total. The van der Waals surface area contributed by atoms with Crippen molar-refractivity contribution in [1.82, 2.24) is 19.7 Å². The SMILES string of the molecule is Cn1nccc1C1(O)C[C@H]2CC[C@H](C1)N2C(=O)c1ccncc1. The first-order valence-corrected chi connectivity index (χ1v) is 8.02. The van der Waals surface area contributed by atoms with Crippen LogP contribution in [-0.2, 0) is 12.6 Å². The standard InChI is InChI=1S/C17H20N4O2/c1-20-15(6-9-19-20)17(23)10-13-2-3-14(11-17)21(13)16(22)12-4-7-18-8-5-12/h4-9,13-14,23H,2-3,10-11H2,1H3/t13-,14-/m1/s1. The molecule has 120 valence electrons. The maximum Gasteiger partial charge on any atom is 0.254 e. The molecule has 2 bridgehead atoms. The molecular formula is C17H20N4O2. The largest absolute Gasteiger partial charge is 0.383 e. The summed E-state index contributed by atoms with van der Waals surface area (Å²) < 4.78 is 1.74. The van der Waals surface area contributed by atoms with Crippen molar-refractivity contribution in [2.24, 2.45) is 7.05 Å². The van der Waals surface area contributed by atoms with E-state index in [-0.39, 0.29) is 18.0 Å². The van der Waals surface area contributed by atoms with E-state index >= 15 is 0 Å². The molecule has 6 nitrogen and oxygen atoms in total. The van der Waals surface area contributed by atoms with Gasteiger partial charge in [0.25, 0.3) is 5.91 Å². The number of carbonyl (C=O) groups is 1. The van der Waals surface area contributed by atoms with E-state index in [0.717, 1.165) is 18.5 Å². The fourth-order valence-corrected chi connectivity index (χ4v) is 4.24. The van der Waals surface area contributed by atoms with E-state index in [9.17, 15) is 9.90 Å². The van der Waals surface area contributed by atoms with Gasteiger partial charge in [0.15, 0.2) is 0 Å². The molecule has 0 aliphatic carbocycles. The Kier molecular flexibility index (Phi) is 3.23. The number of fused-ring (bicyclic) bond motifs is 2. The predicted octanol–water partition coefficient (Wildman–Crippen LogP) is 1.47. The third-order valence-corrected chi connectivity index (χ3v) is 5.23. The number of rotatable bonds is 2. The number of carbonyl (C=O) groups excluding carboxylic acids is 1. The van der Waals surface area contributed by atoms with Gasteiger partial charge >= 0.3 is 0 Å². The van der Waals surface area contributed by atoms with Crippen LogP contribution in [0.3, 0.4) is 0 Å². The lowest BCUT2D eigenvalue weighted by atomic mass is 9.83. The Morgan fingerprint density at radius 1 is 1.17 bits per heavy atom. The summed E-state index contributed by atoms with van der Waals surface area (Å²) in [5, 5.41) is 15.3. The van der Waals surface area contributed by atoms with Crippen molar-refractivity contribution < 1.29 is 9.90 Å². The fraction of sp³-hybridized carbons (Fsp3) is 0.471. The Bertz CT molecular complexity index is 713. The second-order valence-corrected chi connectivity index (χ2v) is 6.61. The Labute approximate surface area is 134 Å². The number of hydrogen-bond donors (Lipinski definition) is 1. The van der Waals surface area contributed by atoms with Crippen LogP contribution in [0.2, 0.25) is 0 Å². The van der Waals surface area contributed by atoms with Crippen molar-refractivity contribution in [3.63, 3.8) is 0 Å². The first-order chi connectivity index (χ1) is 11.1. The van der Waals surface area contributed by atoms with Crippen molar-refractivity contribution >= 4 is 5.91 Å². The molecule has 2 aliphatic heterocycles. The monoisotopic (exact) mass is 312 g/mol. The summed E-state index contributed by atoms with van der Waals surface area (Å²) >= 11 is 0. The second kappa shape index (κ2) is 5.16. The Hall–Kier alpha value is -2.21. The Morgan fingerprint density at radius 2 is 1.83 bits per heavy atom. The second-order valence-electron chi connectivity index (χ2n) is 6.61. The zero-order valence-corrected chi connectivity index (χ0v) is 13.1. The van der Waals surface area contributed by atoms with Crippen LogP contribution in [0.15, 0.2) is 36.8 Å². The van der Waals surface area contributed by atoms with E-state index in [4.69, 9.17) is 0 Å². The average Bonchev–Trinajstić information content (AvgIpc) is 3.10. The molecule has 6 heteroatoms. The summed E-state index contributed by atoms with van der Waals surface area (Å²) in [5.74, 6) is 0.0481. The minimum Gasteiger partial charge on any atom is -0.383 e. The maximum atomic E-state index is 12.8. The van der Waals surface area contributed by atoms with Gasteiger partial charge in [-0.3, -0.25) is 14.5 Å². The van der Waals surface area contributed by atoms with Gasteiger partial charge in [-0.25, -0.2) is 0 Å². The van der Waals surface area contributed by atoms with Gasteiger partial charge in [-0.2, -0.15) is 5.10 Å². The first kappa shape index (κ1) is 14.4. The molecule has 4 rings (SSSR count). The lowest BCUT2D eigenvalue weighted by Crippen LogP contribution is -2.52. The van der Waals surface area contributed by atoms with Gasteiger partial charge in [-0.05, 0) is 31.0 Å². The van der Waals surface area contributed by atoms with E-state index in [1.165, 1.54) is 0 Å². The summed E-state index contributed by atoms with van der Waals surface area (Å²) in [5.41, 5.74) is 0.611. The van der Waals surface area contributed by atoms with Gasteiger partial charge < -0.3 is 10.0 Å². The summed E-state index contributed by atoms with van der Waals surface area (Å²) in [4.78, 5) is 18.8. The van der Waals surface area contributed by atoms with E-state index in [1.54, 1.807) is 35.4 Å². The van der Waals surface area contributed by atoms with E-state index in [2.05, 4.69) is 10.1 Å². The van der Waals surface area contributed by atoms with Gasteiger partial charge in [-0.1, -0.05) is 0 Å². The van der Waals surface area contributed by atoms with Crippen molar-refractivity contribution in [3.8, 4) is 0 Å². The van der Waals surface area contributed by atoms with Crippen molar-refractivity contribution in [2.45, 2.75) is 43.4 Å². The minimum atomic E-state index is -0.897. The topological polar surface area (TPSA) is 71.2 Å². The first-order valence-electron chi connectivity index (χ1n) is 8.02. The number of amides is 1. The summed E-state index contributed by atoms with van der Waals surface area (Å²) in [6.07, 6.45) is 8.03. The Balaban J connectivity index is 1.62. The summed E-state index contributed by atoms with van der Waals surface area (Å²) in [7, 11) is 1.85. The number of aryl methyl sites for hydroxylation is 1. The molecule has 4 heterocycles. The molecule has 1 amide bonds. The highest BCUT2D eigenvalue weighted by Gasteiger charge is 2.51. The lowest BCUT2D eigenvalue weighted by Gasteiger charge is -2.43. The van der Waals surface area contributed by atoms with Gasteiger partial charge in [0.1, 0.15) is 5.60 Å². The molecule has 2 aromatic rings. The maximum absolute atomic E-state index is 12.8. The third-order valence-electron chi connectivity index (χ3n) is 5.23. The molecular weight excluding hydrogens is 292 g/mol.